The monoisotopic (exact) mass is 482 g/mol. The zero-order valence-corrected chi connectivity index (χ0v) is 20.5. The lowest BCUT2D eigenvalue weighted by molar-refractivity contribution is -0.135. The number of likely N-dealkylation sites (tertiary alicyclic amines) is 1. The predicted octanol–water partition coefficient (Wildman–Crippen LogP) is 4.01. The van der Waals surface area contributed by atoms with Gasteiger partial charge < -0.3 is 15.1 Å². The lowest BCUT2D eigenvalue weighted by atomic mass is 9.95. The maximum atomic E-state index is 12.9. The zero-order chi connectivity index (χ0) is 24.5. The Kier molecular flexibility index (Phi) is 5.96. The number of amides is 1. The highest BCUT2D eigenvalue weighted by Crippen LogP contribution is 2.33. The predicted molar refractivity (Wildman–Crippen MR) is 140 cm³/mol. The van der Waals surface area contributed by atoms with Crippen LogP contribution in [-0.2, 0) is 11.8 Å². The van der Waals surface area contributed by atoms with Crippen molar-refractivity contribution in [2.45, 2.75) is 25.7 Å². The van der Waals surface area contributed by atoms with Gasteiger partial charge in [0.25, 0.3) is 0 Å². The molecule has 184 valence electrons. The van der Waals surface area contributed by atoms with Gasteiger partial charge in [-0.3, -0.25) is 14.5 Å². The summed E-state index contributed by atoms with van der Waals surface area (Å²) in [6.07, 6.45) is 11.4. The second kappa shape index (κ2) is 9.56. The Labute approximate surface area is 210 Å². The Bertz CT molecular complexity index is 1390. The number of carbonyl (C=O) groups is 1. The van der Waals surface area contributed by atoms with Crippen molar-refractivity contribution in [2.75, 3.05) is 36.4 Å². The average molecular weight is 483 g/mol. The number of aryl methyl sites for hydroxylation is 1. The van der Waals surface area contributed by atoms with Crippen LogP contribution in [0.25, 0.3) is 22.0 Å². The molecule has 0 spiro atoms. The quantitative estimate of drug-likeness (QED) is 0.460. The van der Waals surface area contributed by atoms with Gasteiger partial charge in [-0.2, -0.15) is 5.10 Å². The third kappa shape index (κ3) is 4.48. The fourth-order valence-corrected chi connectivity index (χ4v) is 5.27. The number of rotatable bonds is 5. The molecular formula is C27H30N8O. The minimum Gasteiger partial charge on any atom is -0.356 e. The summed E-state index contributed by atoms with van der Waals surface area (Å²) in [6.45, 7) is 3.48. The molecule has 36 heavy (non-hydrogen) atoms. The Balaban J connectivity index is 1.27. The standard InChI is InChI=1S/C27H30N8O/c1-33-13-8-24(32-33)31-25-17-20(4-10-29-25)23-16-21-18-28-9-5-22(21)26(30-23)34-14-6-19(7-15-34)27(36)35-11-2-3-12-35/h4-5,8-10,13,16-19H,2-3,6-7,11-12,14-15H2,1H3,(H,29,31,32). The summed E-state index contributed by atoms with van der Waals surface area (Å²) < 4.78 is 1.75. The molecule has 0 saturated carbocycles. The number of piperidine rings is 1. The Morgan fingerprint density at radius 2 is 1.83 bits per heavy atom. The van der Waals surface area contributed by atoms with Crippen LogP contribution in [0.3, 0.4) is 0 Å². The molecule has 6 rings (SSSR count). The smallest absolute Gasteiger partial charge is 0.225 e. The number of nitrogens with zero attached hydrogens (tertiary/aromatic N) is 7. The highest BCUT2D eigenvalue weighted by molar-refractivity contribution is 5.94. The van der Waals surface area contributed by atoms with E-state index in [9.17, 15) is 4.79 Å². The molecule has 0 aromatic carbocycles. The molecule has 2 aliphatic rings. The van der Waals surface area contributed by atoms with E-state index in [2.05, 4.69) is 36.2 Å². The van der Waals surface area contributed by atoms with Gasteiger partial charge in [-0.25, -0.2) is 9.97 Å². The van der Waals surface area contributed by atoms with Gasteiger partial charge in [-0.05, 0) is 49.9 Å². The fraction of sp³-hybridized carbons (Fsp3) is 0.370. The van der Waals surface area contributed by atoms with E-state index in [1.165, 1.54) is 0 Å². The molecule has 2 saturated heterocycles. The van der Waals surface area contributed by atoms with Crippen LogP contribution in [0.1, 0.15) is 25.7 Å². The van der Waals surface area contributed by atoms with Crippen LogP contribution < -0.4 is 10.2 Å². The molecule has 1 amide bonds. The van der Waals surface area contributed by atoms with E-state index in [0.29, 0.717) is 11.7 Å². The van der Waals surface area contributed by atoms with Gasteiger partial charge in [0.2, 0.25) is 5.91 Å². The lowest BCUT2D eigenvalue weighted by Gasteiger charge is -2.34. The van der Waals surface area contributed by atoms with Gasteiger partial charge >= 0.3 is 0 Å². The molecule has 1 N–H and O–H groups in total. The van der Waals surface area contributed by atoms with E-state index in [1.54, 1.807) is 10.9 Å². The SMILES string of the molecule is Cn1ccc(Nc2cc(-c3cc4cnccc4c(N4CCC(C(=O)N5CCCC5)CC4)n3)ccn2)n1. The van der Waals surface area contributed by atoms with Crippen molar-refractivity contribution in [1.82, 2.24) is 29.6 Å². The molecule has 2 aliphatic heterocycles. The highest BCUT2D eigenvalue weighted by atomic mass is 16.2. The van der Waals surface area contributed by atoms with E-state index in [4.69, 9.17) is 4.98 Å². The van der Waals surface area contributed by atoms with Gasteiger partial charge in [0.15, 0.2) is 5.82 Å². The van der Waals surface area contributed by atoms with Gasteiger partial charge in [0.05, 0.1) is 5.69 Å². The third-order valence-corrected chi connectivity index (χ3v) is 7.20. The summed E-state index contributed by atoms with van der Waals surface area (Å²) in [7, 11) is 1.88. The molecule has 0 bridgehead atoms. The maximum absolute atomic E-state index is 12.9. The zero-order valence-electron chi connectivity index (χ0n) is 20.5. The first-order valence-electron chi connectivity index (χ1n) is 12.7. The summed E-state index contributed by atoms with van der Waals surface area (Å²) in [5, 5.41) is 9.76. The van der Waals surface area contributed by atoms with E-state index < -0.39 is 0 Å². The summed E-state index contributed by atoms with van der Waals surface area (Å²) in [5.41, 5.74) is 1.83. The van der Waals surface area contributed by atoms with Crippen LogP contribution in [0.4, 0.5) is 17.5 Å². The van der Waals surface area contributed by atoms with Crippen molar-refractivity contribution in [3.05, 3.63) is 55.1 Å². The van der Waals surface area contributed by atoms with Gasteiger partial charge in [-0.1, -0.05) is 0 Å². The number of aromatic nitrogens is 5. The van der Waals surface area contributed by atoms with Gasteiger partial charge in [0.1, 0.15) is 11.6 Å². The molecule has 9 heteroatoms. The van der Waals surface area contributed by atoms with Crippen LogP contribution in [0.5, 0.6) is 0 Å². The molecular weight excluding hydrogens is 452 g/mol. The highest BCUT2D eigenvalue weighted by Gasteiger charge is 2.30. The first-order valence-corrected chi connectivity index (χ1v) is 12.7. The number of nitrogens with one attached hydrogen (secondary N) is 1. The molecule has 4 aromatic heterocycles. The number of carbonyl (C=O) groups excluding carboxylic acids is 1. The van der Waals surface area contributed by atoms with E-state index in [1.807, 2.05) is 49.9 Å². The summed E-state index contributed by atoms with van der Waals surface area (Å²) >= 11 is 0. The molecule has 0 radical (unpaired) electrons. The number of hydrogen-bond acceptors (Lipinski definition) is 7. The Morgan fingerprint density at radius 1 is 1.00 bits per heavy atom. The molecule has 9 nitrogen and oxygen atoms in total. The summed E-state index contributed by atoms with van der Waals surface area (Å²) in [5.74, 6) is 2.86. The van der Waals surface area contributed by atoms with Crippen LogP contribution in [-0.4, -0.2) is 61.7 Å². The summed E-state index contributed by atoms with van der Waals surface area (Å²) in [4.78, 5) is 31.2. The van der Waals surface area contributed by atoms with Crippen molar-refractivity contribution < 1.29 is 4.79 Å². The maximum Gasteiger partial charge on any atom is 0.225 e. The normalized spacial score (nSPS) is 16.6. The van der Waals surface area contributed by atoms with Gasteiger partial charge in [-0.15, -0.1) is 0 Å². The van der Waals surface area contributed by atoms with Crippen molar-refractivity contribution in [2.24, 2.45) is 13.0 Å². The molecule has 0 aliphatic carbocycles. The third-order valence-electron chi connectivity index (χ3n) is 7.20. The number of hydrogen-bond donors (Lipinski definition) is 1. The molecule has 6 heterocycles. The molecule has 2 fully saturated rings. The van der Waals surface area contributed by atoms with Crippen LogP contribution >= 0.6 is 0 Å². The van der Waals surface area contributed by atoms with Crippen LogP contribution in [0.2, 0.25) is 0 Å². The van der Waals surface area contributed by atoms with Crippen molar-refractivity contribution in [3.63, 3.8) is 0 Å². The van der Waals surface area contributed by atoms with Crippen molar-refractivity contribution >= 4 is 34.1 Å². The van der Waals surface area contributed by atoms with Crippen LogP contribution in [0.15, 0.2) is 55.1 Å². The van der Waals surface area contributed by atoms with E-state index in [-0.39, 0.29) is 5.92 Å². The second-order valence-corrected chi connectivity index (χ2v) is 9.65. The lowest BCUT2D eigenvalue weighted by Crippen LogP contribution is -2.42. The van der Waals surface area contributed by atoms with Crippen molar-refractivity contribution in [1.29, 1.82) is 0 Å². The molecule has 0 unspecified atom stereocenters. The first-order chi connectivity index (χ1) is 17.6. The second-order valence-electron chi connectivity index (χ2n) is 9.65. The van der Waals surface area contributed by atoms with E-state index in [0.717, 1.165) is 85.5 Å². The average Bonchev–Trinajstić information content (AvgIpc) is 3.60. The van der Waals surface area contributed by atoms with Crippen molar-refractivity contribution in [3.8, 4) is 11.3 Å². The number of pyridine rings is 3. The largest absolute Gasteiger partial charge is 0.356 e. The molecule has 4 aromatic rings. The number of fused-ring (bicyclic) bond motifs is 1. The minimum absolute atomic E-state index is 0.121. The first kappa shape index (κ1) is 22.5. The van der Waals surface area contributed by atoms with Crippen LogP contribution in [0, 0.1) is 5.92 Å². The number of anilines is 3. The fourth-order valence-electron chi connectivity index (χ4n) is 5.27. The van der Waals surface area contributed by atoms with Gasteiger partial charge in [0, 0.05) is 86.3 Å². The Morgan fingerprint density at radius 3 is 2.61 bits per heavy atom. The summed E-state index contributed by atoms with van der Waals surface area (Å²) in [6, 6.07) is 9.98. The van der Waals surface area contributed by atoms with E-state index >= 15 is 0 Å². The minimum atomic E-state index is 0.121. The topological polar surface area (TPSA) is 92.1 Å². The Hall–Kier alpha value is -4.01. The molecule has 0 atom stereocenters.